The molecule has 2 N–H and O–H groups in total. The van der Waals surface area contributed by atoms with Gasteiger partial charge in [0, 0.05) is 6.54 Å². The number of nitrogens with one attached hydrogen (secondary N) is 2. The van der Waals surface area contributed by atoms with E-state index in [9.17, 15) is 4.79 Å². The van der Waals surface area contributed by atoms with E-state index in [4.69, 9.17) is 4.42 Å². The number of furan rings is 1. The minimum Gasteiger partial charge on any atom is -0.458 e. The van der Waals surface area contributed by atoms with Crippen molar-refractivity contribution < 1.29 is 9.21 Å². The van der Waals surface area contributed by atoms with Crippen molar-refractivity contribution in [3.63, 3.8) is 0 Å². The Kier molecular flexibility index (Phi) is 3.89. The molecule has 0 aliphatic carbocycles. The molecule has 1 aromatic rings. The lowest BCUT2D eigenvalue weighted by atomic mass is 9.81. The third kappa shape index (κ3) is 3.10. The summed E-state index contributed by atoms with van der Waals surface area (Å²) in [6.45, 7) is 4.96. The molecule has 1 amide bonds. The topological polar surface area (TPSA) is 54.3 Å². The van der Waals surface area contributed by atoms with Gasteiger partial charge in [-0.3, -0.25) is 4.79 Å². The molecule has 1 aromatic heterocycles. The van der Waals surface area contributed by atoms with Crippen LogP contribution in [0.4, 0.5) is 0 Å². The number of rotatable bonds is 3. The molecule has 94 valence electrons. The maximum atomic E-state index is 11.9. The van der Waals surface area contributed by atoms with Gasteiger partial charge in [0.1, 0.15) is 0 Å². The fraction of sp³-hybridized carbons (Fsp3) is 0.583. The first kappa shape index (κ1) is 12.6. The van der Waals surface area contributed by atoms with Crippen molar-refractivity contribution in [1.82, 2.24) is 10.6 Å². The average Bonchev–Trinajstić information content (AvgIpc) is 2.74. The zero-order chi connectivity index (χ0) is 12.3. The monoisotopic (exact) mass is 300 g/mol. The van der Waals surface area contributed by atoms with E-state index in [2.05, 4.69) is 33.5 Å². The molecule has 0 aromatic carbocycles. The summed E-state index contributed by atoms with van der Waals surface area (Å²) in [6.07, 6.45) is 3.68. The van der Waals surface area contributed by atoms with Crippen molar-refractivity contribution in [3.8, 4) is 0 Å². The van der Waals surface area contributed by atoms with Gasteiger partial charge in [0.15, 0.2) is 0 Å². The molecule has 0 saturated carbocycles. The highest BCUT2D eigenvalue weighted by Crippen LogP contribution is 2.27. The molecule has 0 spiro atoms. The van der Waals surface area contributed by atoms with Gasteiger partial charge in [0.2, 0.25) is 5.76 Å². The van der Waals surface area contributed by atoms with E-state index >= 15 is 0 Å². The van der Waals surface area contributed by atoms with Gasteiger partial charge in [-0.05, 0) is 53.3 Å². The minimum absolute atomic E-state index is 0.151. The lowest BCUT2D eigenvalue weighted by Crippen LogP contribution is -2.42. The van der Waals surface area contributed by atoms with E-state index in [0.717, 1.165) is 25.9 Å². The van der Waals surface area contributed by atoms with Gasteiger partial charge in [0.25, 0.3) is 5.91 Å². The predicted molar refractivity (Wildman–Crippen MR) is 69.0 cm³/mol. The maximum absolute atomic E-state index is 11.9. The zero-order valence-electron chi connectivity index (χ0n) is 9.88. The standard InChI is InChI=1S/C12H17BrN2O2/c1-12(3-5-14-6-4-12)8-15-11(16)10-9(13)2-7-17-10/h2,7,14H,3-6,8H2,1H3,(H,15,16). The van der Waals surface area contributed by atoms with Crippen LogP contribution >= 0.6 is 15.9 Å². The molecule has 1 aliphatic heterocycles. The molecule has 5 heteroatoms. The Morgan fingerprint density at radius 3 is 2.88 bits per heavy atom. The van der Waals surface area contributed by atoms with E-state index in [1.807, 2.05) is 0 Å². The molecular formula is C12H17BrN2O2. The molecule has 0 bridgehead atoms. The van der Waals surface area contributed by atoms with Gasteiger partial charge >= 0.3 is 0 Å². The van der Waals surface area contributed by atoms with Crippen LogP contribution in [0, 0.1) is 5.41 Å². The normalized spacial score (nSPS) is 18.9. The largest absolute Gasteiger partial charge is 0.458 e. The Bertz CT molecular complexity index is 397. The van der Waals surface area contributed by atoms with E-state index in [0.29, 0.717) is 16.8 Å². The minimum atomic E-state index is -0.151. The van der Waals surface area contributed by atoms with E-state index in [1.54, 1.807) is 6.07 Å². The highest BCUT2D eigenvalue weighted by molar-refractivity contribution is 9.10. The second-order valence-electron chi connectivity index (χ2n) is 4.84. The Morgan fingerprint density at radius 1 is 1.59 bits per heavy atom. The number of halogens is 1. The van der Waals surface area contributed by atoms with Crippen LogP contribution in [0.3, 0.4) is 0 Å². The van der Waals surface area contributed by atoms with Crippen molar-refractivity contribution >= 4 is 21.8 Å². The molecule has 1 saturated heterocycles. The summed E-state index contributed by atoms with van der Waals surface area (Å²) < 4.78 is 5.83. The predicted octanol–water partition coefficient (Wildman–Crippen LogP) is 2.16. The second kappa shape index (κ2) is 5.23. The van der Waals surface area contributed by atoms with Crippen LogP contribution in [-0.4, -0.2) is 25.5 Å². The Morgan fingerprint density at radius 2 is 2.29 bits per heavy atom. The molecule has 1 fully saturated rings. The Balaban J connectivity index is 1.90. The maximum Gasteiger partial charge on any atom is 0.288 e. The van der Waals surface area contributed by atoms with Crippen LogP contribution < -0.4 is 10.6 Å². The van der Waals surface area contributed by atoms with Gasteiger partial charge < -0.3 is 15.1 Å². The Hall–Kier alpha value is -0.810. The fourth-order valence-corrected chi connectivity index (χ4v) is 2.42. The first-order valence-electron chi connectivity index (χ1n) is 5.83. The van der Waals surface area contributed by atoms with Crippen LogP contribution in [0.1, 0.15) is 30.3 Å². The number of amides is 1. The summed E-state index contributed by atoms with van der Waals surface area (Å²) >= 11 is 3.28. The highest BCUT2D eigenvalue weighted by Gasteiger charge is 2.27. The van der Waals surface area contributed by atoms with Crippen molar-refractivity contribution in [2.24, 2.45) is 5.41 Å². The molecule has 2 heterocycles. The van der Waals surface area contributed by atoms with E-state index in [-0.39, 0.29) is 11.3 Å². The van der Waals surface area contributed by atoms with Crippen LogP contribution in [0.5, 0.6) is 0 Å². The lowest BCUT2D eigenvalue weighted by molar-refractivity contribution is 0.0893. The van der Waals surface area contributed by atoms with Crippen LogP contribution in [-0.2, 0) is 0 Å². The molecule has 4 nitrogen and oxygen atoms in total. The molecular weight excluding hydrogens is 284 g/mol. The summed E-state index contributed by atoms with van der Waals surface area (Å²) in [5.74, 6) is 0.198. The van der Waals surface area contributed by atoms with Gasteiger partial charge in [-0.2, -0.15) is 0 Å². The molecule has 17 heavy (non-hydrogen) atoms. The first-order valence-corrected chi connectivity index (χ1v) is 6.62. The number of hydrogen-bond donors (Lipinski definition) is 2. The third-order valence-corrected chi connectivity index (χ3v) is 3.93. The van der Waals surface area contributed by atoms with Crippen LogP contribution in [0.2, 0.25) is 0 Å². The average molecular weight is 301 g/mol. The quantitative estimate of drug-likeness (QED) is 0.899. The van der Waals surface area contributed by atoms with Gasteiger partial charge in [-0.25, -0.2) is 0 Å². The van der Waals surface area contributed by atoms with Crippen LogP contribution in [0.15, 0.2) is 21.2 Å². The molecule has 1 aliphatic rings. The first-order chi connectivity index (χ1) is 8.11. The zero-order valence-corrected chi connectivity index (χ0v) is 11.5. The summed E-state index contributed by atoms with van der Waals surface area (Å²) in [5, 5.41) is 6.27. The Labute approximate surface area is 109 Å². The number of hydrogen-bond acceptors (Lipinski definition) is 3. The summed E-state index contributed by atoms with van der Waals surface area (Å²) in [6, 6.07) is 1.72. The van der Waals surface area contributed by atoms with Gasteiger partial charge in [-0.1, -0.05) is 6.92 Å². The smallest absolute Gasteiger partial charge is 0.288 e. The number of carbonyl (C=O) groups excluding carboxylic acids is 1. The highest BCUT2D eigenvalue weighted by atomic mass is 79.9. The van der Waals surface area contributed by atoms with Gasteiger partial charge in [-0.15, -0.1) is 0 Å². The summed E-state index contributed by atoms with van der Waals surface area (Å²) in [4.78, 5) is 11.9. The van der Waals surface area contributed by atoms with Crippen molar-refractivity contribution in [3.05, 3.63) is 22.6 Å². The van der Waals surface area contributed by atoms with Crippen molar-refractivity contribution in [2.45, 2.75) is 19.8 Å². The van der Waals surface area contributed by atoms with Crippen molar-refractivity contribution in [1.29, 1.82) is 0 Å². The van der Waals surface area contributed by atoms with Crippen molar-refractivity contribution in [2.75, 3.05) is 19.6 Å². The molecule has 0 radical (unpaired) electrons. The molecule has 2 rings (SSSR count). The fourth-order valence-electron chi connectivity index (χ4n) is 2.04. The number of carbonyl (C=O) groups is 1. The number of piperidine rings is 1. The van der Waals surface area contributed by atoms with Crippen LogP contribution in [0.25, 0.3) is 0 Å². The van der Waals surface area contributed by atoms with E-state index in [1.165, 1.54) is 6.26 Å². The summed E-state index contributed by atoms with van der Waals surface area (Å²) in [7, 11) is 0. The molecule has 0 atom stereocenters. The molecule has 0 unspecified atom stereocenters. The van der Waals surface area contributed by atoms with E-state index < -0.39 is 0 Å². The second-order valence-corrected chi connectivity index (χ2v) is 5.70. The van der Waals surface area contributed by atoms with Gasteiger partial charge in [0.05, 0.1) is 10.7 Å². The SMILES string of the molecule is CC1(CNC(=O)c2occc2Br)CCNCC1. The third-order valence-electron chi connectivity index (χ3n) is 3.31. The summed E-state index contributed by atoms with van der Waals surface area (Å²) in [5.41, 5.74) is 0.194. The lowest BCUT2D eigenvalue weighted by Gasteiger charge is -2.34.